The van der Waals surface area contributed by atoms with Crippen molar-refractivity contribution >= 4 is 11.6 Å². The van der Waals surface area contributed by atoms with Crippen LogP contribution < -0.4 is 5.32 Å². The van der Waals surface area contributed by atoms with Gasteiger partial charge in [0.05, 0.1) is 12.2 Å². The number of carbonyl (C=O) groups is 1. The number of nitrogens with zero attached hydrogens (tertiary/aromatic N) is 4. The van der Waals surface area contributed by atoms with E-state index in [0.29, 0.717) is 43.6 Å². The summed E-state index contributed by atoms with van der Waals surface area (Å²) >= 11 is 0. The van der Waals surface area contributed by atoms with E-state index < -0.39 is 5.66 Å². The van der Waals surface area contributed by atoms with Gasteiger partial charge in [-0.3, -0.25) is 4.79 Å². The summed E-state index contributed by atoms with van der Waals surface area (Å²) in [6.07, 6.45) is 10.5. The fourth-order valence-electron chi connectivity index (χ4n) is 2.36. The molecule has 0 fully saturated rings. The molecule has 1 N–H and O–H groups in total. The van der Waals surface area contributed by atoms with Gasteiger partial charge in [0.1, 0.15) is 11.5 Å². The molecule has 0 saturated heterocycles. The SMILES string of the molecule is C#CCCC1(CCC(=O)NCc2cn3cc(F)ccc3n2)N=N1. The topological polar surface area (TPSA) is 71.1 Å². The molecular formula is C16H16FN5O. The fourth-order valence-corrected chi connectivity index (χ4v) is 2.36. The summed E-state index contributed by atoms with van der Waals surface area (Å²) in [5.41, 5.74) is 0.871. The Hall–Kier alpha value is -2.75. The zero-order valence-electron chi connectivity index (χ0n) is 12.5. The van der Waals surface area contributed by atoms with Crippen molar-refractivity contribution in [2.45, 2.75) is 37.9 Å². The van der Waals surface area contributed by atoms with Gasteiger partial charge in [0.25, 0.3) is 0 Å². The molecule has 0 radical (unpaired) electrons. The highest BCUT2D eigenvalue weighted by atomic mass is 19.1. The van der Waals surface area contributed by atoms with Gasteiger partial charge in [-0.1, -0.05) is 0 Å². The second-order valence-electron chi connectivity index (χ2n) is 5.51. The number of nitrogens with one attached hydrogen (secondary N) is 1. The van der Waals surface area contributed by atoms with Crippen molar-refractivity contribution in [2.24, 2.45) is 10.2 Å². The number of fused-ring (bicyclic) bond motifs is 1. The molecule has 2 aromatic heterocycles. The summed E-state index contributed by atoms with van der Waals surface area (Å²) in [7, 11) is 0. The van der Waals surface area contributed by atoms with Gasteiger partial charge >= 0.3 is 0 Å². The third-order valence-corrected chi connectivity index (χ3v) is 3.74. The third kappa shape index (κ3) is 3.72. The highest BCUT2D eigenvalue weighted by Crippen LogP contribution is 2.37. The molecule has 0 bridgehead atoms. The van der Waals surface area contributed by atoms with Gasteiger partial charge in [0.15, 0.2) is 5.66 Å². The van der Waals surface area contributed by atoms with Crippen LogP contribution in [-0.4, -0.2) is 21.0 Å². The van der Waals surface area contributed by atoms with E-state index in [9.17, 15) is 9.18 Å². The molecule has 0 unspecified atom stereocenters. The van der Waals surface area contributed by atoms with Crippen LogP contribution in [0.1, 0.15) is 31.4 Å². The van der Waals surface area contributed by atoms with Crippen LogP contribution in [0, 0.1) is 18.2 Å². The Bertz CT molecular complexity index is 798. The minimum atomic E-state index is -0.440. The van der Waals surface area contributed by atoms with Crippen molar-refractivity contribution < 1.29 is 9.18 Å². The van der Waals surface area contributed by atoms with Crippen molar-refractivity contribution in [3.63, 3.8) is 0 Å². The van der Waals surface area contributed by atoms with E-state index in [4.69, 9.17) is 6.42 Å². The predicted molar refractivity (Wildman–Crippen MR) is 81.9 cm³/mol. The number of terminal acetylenes is 1. The Morgan fingerprint density at radius 1 is 1.35 bits per heavy atom. The molecule has 0 aromatic carbocycles. The molecule has 3 heterocycles. The summed E-state index contributed by atoms with van der Waals surface area (Å²) in [6.45, 7) is 0.299. The van der Waals surface area contributed by atoms with Crippen LogP contribution in [0.5, 0.6) is 0 Å². The quantitative estimate of drug-likeness (QED) is 0.798. The normalized spacial score (nSPS) is 14.6. The first-order valence-corrected chi connectivity index (χ1v) is 7.38. The van der Waals surface area contributed by atoms with E-state index >= 15 is 0 Å². The van der Waals surface area contributed by atoms with Crippen molar-refractivity contribution in [3.8, 4) is 12.3 Å². The summed E-state index contributed by atoms with van der Waals surface area (Å²) in [6, 6.07) is 2.94. The Morgan fingerprint density at radius 3 is 2.91 bits per heavy atom. The standard InChI is InChI=1S/C16H16FN5O/c1-2-3-7-16(20-21-16)8-6-15(23)18-9-13-11-22-10-12(17)4-5-14(22)19-13/h1,4-5,10-11H,3,6-9H2,(H,18,23). The Kier molecular flexibility index (Phi) is 4.06. The van der Waals surface area contributed by atoms with Gasteiger partial charge < -0.3 is 9.72 Å². The average Bonchev–Trinajstić information content (AvgIpc) is 3.20. The molecule has 0 aliphatic carbocycles. The summed E-state index contributed by atoms with van der Waals surface area (Å²) in [5, 5.41) is 10.8. The van der Waals surface area contributed by atoms with Crippen molar-refractivity contribution in [3.05, 3.63) is 36.0 Å². The van der Waals surface area contributed by atoms with Gasteiger partial charge in [-0.25, -0.2) is 9.37 Å². The molecule has 1 amide bonds. The van der Waals surface area contributed by atoms with Crippen LogP contribution in [0.3, 0.4) is 0 Å². The average molecular weight is 313 g/mol. The zero-order valence-corrected chi connectivity index (χ0v) is 12.5. The lowest BCUT2D eigenvalue weighted by molar-refractivity contribution is -0.121. The van der Waals surface area contributed by atoms with Crippen LogP contribution in [0.15, 0.2) is 34.8 Å². The van der Waals surface area contributed by atoms with Crippen LogP contribution in [0.25, 0.3) is 5.65 Å². The molecule has 118 valence electrons. The van der Waals surface area contributed by atoms with E-state index in [-0.39, 0.29) is 11.7 Å². The van der Waals surface area contributed by atoms with Crippen LogP contribution in [0.4, 0.5) is 4.39 Å². The molecule has 0 atom stereocenters. The minimum Gasteiger partial charge on any atom is -0.350 e. The molecule has 0 saturated carbocycles. The number of amides is 1. The second-order valence-corrected chi connectivity index (χ2v) is 5.51. The maximum Gasteiger partial charge on any atom is 0.220 e. The first kappa shape index (κ1) is 15.2. The van der Waals surface area contributed by atoms with Crippen molar-refractivity contribution in [1.29, 1.82) is 0 Å². The first-order chi connectivity index (χ1) is 11.1. The lowest BCUT2D eigenvalue weighted by Gasteiger charge is -2.08. The van der Waals surface area contributed by atoms with Gasteiger partial charge in [0, 0.05) is 38.1 Å². The number of halogens is 1. The second kappa shape index (κ2) is 6.16. The molecule has 3 rings (SSSR count). The lowest BCUT2D eigenvalue weighted by atomic mass is 10.0. The monoisotopic (exact) mass is 313 g/mol. The Morgan fingerprint density at radius 2 is 2.17 bits per heavy atom. The Labute approximate surface area is 132 Å². The highest BCUT2D eigenvalue weighted by molar-refractivity contribution is 5.76. The van der Waals surface area contributed by atoms with Crippen molar-refractivity contribution in [2.75, 3.05) is 0 Å². The molecule has 2 aromatic rings. The first-order valence-electron chi connectivity index (χ1n) is 7.38. The molecule has 23 heavy (non-hydrogen) atoms. The molecule has 1 aliphatic rings. The van der Waals surface area contributed by atoms with Crippen LogP contribution in [0.2, 0.25) is 0 Å². The largest absolute Gasteiger partial charge is 0.350 e. The smallest absolute Gasteiger partial charge is 0.220 e. The van der Waals surface area contributed by atoms with Gasteiger partial charge in [-0.2, -0.15) is 10.2 Å². The lowest BCUT2D eigenvalue weighted by Crippen LogP contribution is -2.25. The fraction of sp³-hybridized carbons (Fsp3) is 0.375. The maximum absolute atomic E-state index is 13.1. The molecule has 6 nitrogen and oxygen atoms in total. The zero-order chi connectivity index (χ0) is 16.3. The van der Waals surface area contributed by atoms with E-state index in [2.05, 4.69) is 26.4 Å². The van der Waals surface area contributed by atoms with Crippen LogP contribution >= 0.6 is 0 Å². The predicted octanol–water partition coefficient (Wildman–Crippen LogP) is 2.45. The van der Waals surface area contributed by atoms with E-state index in [1.807, 2.05) is 0 Å². The van der Waals surface area contributed by atoms with E-state index in [0.717, 1.165) is 0 Å². The number of rotatable bonds is 7. The van der Waals surface area contributed by atoms with Crippen molar-refractivity contribution in [1.82, 2.24) is 14.7 Å². The summed E-state index contributed by atoms with van der Waals surface area (Å²) in [5.74, 6) is 2.13. The number of pyridine rings is 1. The summed E-state index contributed by atoms with van der Waals surface area (Å²) in [4.78, 5) is 16.2. The molecule has 1 aliphatic heterocycles. The number of imidazole rings is 1. The summed E-state index contributed by atoms with van der Waals surface area (Å²) < 4.78 is 14.7. The van der Waals surface area contributed by atoms with E-state index in [1.54, 1.807) is 16.7 Å². The molecule has 0 spiro atoms. The minimum absolute atomic E-state index is 0.0920. The number of hydrogen-bond donors (Lipinski definition) is 1. The Balaban J connectivity index is 1.47. The van der Waals surface area contributed by atoms with Crippen LogP contribution in [-0.2, 0) is 11.3 Å². The molecule has 7 heteroatoms. The number of hydrogen-bond acceptors (Lipinski definition) is 4. The number of carbonyl (C=O) groups excluding carboxylic acids is 1. The van der Waals surface area contributed by atoms with Gasteiger partial charge in [-0.15, -0.1) is 12.3 Å². The van der Waals surface area contributed by atoms with Gasteiger partial charge in [-0.05, 0) is 12.1 Å². The van der Waals surface area contributed by atoms with E-state index in [1.165, 1.54) is 12.3 Å². The number of aromatic nitrogens is 2. The maximum atomic E-state index is 13.1. The highest BCUT2D eigenvalue weighted by Gasteiger charge is 2.39. The molecular weight excluding hydrogens is 297 g/mol. The van der Waals surface area contributed by atoms with Gasteiger partial charge in [0.2, 0.25) is 5.91 Å². The third-order valence-electron chi connectivity index (χ3n) is 3.74.